The maximum Gasteiger partial charge on any atom is 0.338 e. The molecule has 0 radical (unpaired) electrons. The number of nitro groups is 1. The average Bonchev–Trinajstić information content (AvgIpc) is 2.72. The first-order valence-electron chi connectivity index (χ1n) is 9.15. The summed E-state index contributed by atoms with van der Waals surface area (Å²) >= 11 is 0. The Kier molecular flexibility index (Phi) is 7.43. The van der Waals surface area contributed by atoms with Crippen molar-refractivity contribution in [1.82, 2.24) is 0 Å². The number of anilines is 1. The van der Waals surface area contributed by atoms with E-state index in [2.05, 4.69) is 11.4 Å². The van der Waals surface area contributed by atoms with Crippen molar-refractivity contribution in [2.75, 3.05) is 11.9 Å². The van der Waals surface area contributed by atoms with Crippen molar-refractivity contribution in [1.29, 1.82) is 5.26 Å². The molecule has 1 N–H and O–H groups in total. The van der Waals surface area contributed by atoms with Crippen LogP contribution in [0.15, 0.2) is 42.5 Å². The SMILES string of the molecule is CCOC(=O)c1ccc([N+](=O)[O-])c(NC(=O)C(CC)Cc2ccccc2C#N)c1. The molecule has 2 rings (SSSR count). The van der Waals surface area contributed by atoms with Gasteiger partial charge in [-0.05, 0) is 43.5 Å². The molecule has 0 aliphatic rings. The summed E-state index contributed by atoms with van der Waals surface area (Å²) in [5.41, 5.74) is 0.924. The third-order valence-corrected chi connectivity index (χ3v) is 4.43. The molecule has 0 saturated carbocycles. The number of carbonyl (C=O) groups excluding carboxylic acids is 2. The number of nitro benzene ring substituents is 1. The number of carbonyl (C=O) groups is 2. The second-order valence-electron chi connectivity index (χ2n) is 6.28. The Morgan fingerprint density at radius 1 is 1.24 bits per heavy atom. The van der Waals surface area contributed by atoms with E-state index in [0.29, 0.717) is 18.4 Å². The predicted octanol–water partition coefficient (Wildman–Crippen LogP) is 3.85. The lowest BCUT2D eigenvalue weighted by Crippen LogP contribution is -2.25. The van der Waals surface area contributed by atoms with Crippen molar-refractivity contribution < 1.29 is 19.2 Å². The van der Waals surface area contributed by atoms with Gasteiger partial charge in [-0.15, -0.1) is 0 Å². The van der Waals surface area contributed by atoms with Gasteiger partial charge in [0.05, 0.1) is 28.7 Å². The van der Waals surface area contributed by atoms with Crippen LogP contribution >= 0.6 is 0 Å². The normalized spacial score (nSPS) is 11.2. The number of benzene rings is 2. The molecule has 0 spiro atoms. The van der Waals surface area contributed by atoms with E-state index in [1.165, 1.54) is 12.1 Å². The van der Waals surface area contributed by atoms with E-state index in [-0.39, 0.29) is 23.5 Å². The molecule has 0 fully saturated rings. The second-order valence-corrected chi connectivity index (χ2v) is 6.28. The van der Waals surface area contributed by atoms with Crippen LogP contribution in [0.3, 0.4) is 0 Å². The standard InChI is InChI=1S/C21H21N3O5/c1-3-14(11-15-7-5-6-8-17(15)13-22)20(25)23-18-12-16(21(26)29-4-2)9-10-19(18)24(27)28/h5-10,12,14H,3-4,11H2,1-2H3,(H,23,25). The monoisotopic (exact) mass is 395 g/mol. The summed E-state index contributed by atoms with van der Waals surface area (Å²) in [6.07, 6.45) is 0.786. The minimum absolute atomic E-state index is 0.0717. The predicted molar refractivity (Wildman–Crippen MR) is 106 cm³/mol. The fourth-order valence-corrected chi connectivity index (χ4v) is 2.87. The summed E-state index contributed by atoms with van der Waals surface area (Å²) in [5, 5.41) is 23.1. The number of nitriles is 1. The van der Waals surface area contributed by atoms with E-state index in [9.17, 15) is 25.0 Å². The summed E-state index contributed by atoms with van der Waals surface area (Å²) in [6, 6.07) is 12.8. The first kappa shape index (κ1) is 21.6. The van der Waals surface area contributed by atoms with Gasteiger partial charge in [0.25, 0.3) is 5.69 Å². The van der Waals surface area contributed by atoms with Gasteiger partial charge in [0, 0.05) is 12.0 Å². The van der Waals surface area contributed by atoms with Crippen LogP contribution < -0.4 is 5.32 Å². The molecule has 2 aromatic rings. The van der Waals surface area contributed by atoms with Gasteiger partial charge in [-0.1, -0.05) is 25.1 Å². The molecular formula is C21H21N3O5. The largest absolute Gasteiger partial charge is 0.462 e. The number of ether oxygens (including phenoxy) is 1. The van der Waals surface area contributed by atoms with Crippen molar-refractivity contribution in [3.05, 3.63) is 69.3 Å². The summed E-state index contributed by atoms with van der Waals surface area (Å²) < 4.78 is 4.91. The molecule has 0 bridgehead atoms. The smallest absolute Gasteiger partial charge is 0.338 e. The zero-order chi connectivity index (χ0) is 21.4. The highest BCUT2D eigenvalue weighted by Gasteiger charge is 2.23. The van der Waals surface area contributed by atoms with E-state index in [0.717, 1.165) is 11.6 Å². The number of nitrogens with one attached hydrogen (secondary N) is 1. The van der Waals surface area contributed by atoms with Gasteiger partial charge in [0.15, 0.2) is 0 Å². The van der Waals surface area contributed by atoms with Crippen LogP contribution in [0.2, 0.25) is 0 Å². The molecule has 2 aromatic carbocycles. The molecule has 0 aliphatic carbocycles. The van der Waals surface area contributed by atoms with Crippen LogP contribution in [0.1, 0.15) is 41.8 Å². The van der Waals surface area contributed by atoms with Crippen molar-refractivity contribution in [3.8, 4) is 6.07 Å². The summed E-state index contributed by atoms with van der Waals surface area (Å²) in [6.45, 7) is 3.63. The van der Waals surface area contributed by atoms with Gasteiger partial charge in [-0.3, -0.25) is 14.9 Å². The van der Waals surface area contributed by atoms with Gasteiger partial charge in [-0.25, -0.2) is 4.79 Å². The van der Waals surface area contributed by atoms with E-state index in [4.69, 9.17) is 4.74 Å². The second kappa shape index (κ2) is 9.99. The van der Waals surface area contributed by atoms with Crippen LogP contribution in [0.25, 0.3) is 0 Å². The first-order valence-corrected chi connectivity index (χ1v) is 9.15. The fourth-order valence-electron chi connectivity index (χ4n) is 2.87. The lowest BCUT2D eigenvalue weighted by atomic mass is 9.93. The zero-order valence-electron chi connectivity index (χ0n) is 16.2. The Morgan fingerprint density at radius 2 is 1.97 bits per heavy atom. The van der Waals surface area contributed by atoms with Crippen LogP contribution in [0.4, 0.5) is 11.4 Å². The molecule has 0 aliphatic heterocycles. The van der Waals surface area contributed by atoms with Crippen LogP contribution in [-0.2, 0) is 16.0 Å². The lowest BCUT2D eigenvalue weighted by Gasteiger charge is -2.16. The van der Waals surface area contributed by atoms with E-state index < -0.39 is 22.7 Å². The lowest BCUT2D eigenvalue weighted by molar-refractivity contribution is -0.383. The topological polar surface area (TPSA) is 122 Å². The number of nitrogens with zero attached hydrogens (tertiary/aromatic N) is 2. The molecule has 0 saturated heterocycles. The number of rotatable bonds is 8. The summed E-state index contributed by atoms with van der Waals surface area (Å²) in [5.74, 6) is -1.56. The first-order chi connectivity index (χ1) is 13.9. The Morgan fingerprint density at radius 3 is 2.59 bits per heavy atom. The van der Waals surface area contributed by atoms with Gasteiger partial charge in [-0.2, -0.15) is 5.26 Å². The Hall–Kier alpha value is -3.73. The van der Waals surface area contributed by atoms with Crippen molar-refractivity contribution in [2.45, 2.75) is 26.7 Å². The highest BCUT2D eigenvalue weighted by molar-refractivity contribution is 5.98. The molecule has 1 unspecified atom stereocenters. The van der Waals surface area contributed by atoms with E-state index in [1.54, 1.807) is 31.2 Å². The molecule has 1 atom stereocenters. The molecule has 150 valence electrons. The Bertz CT molecular complexity index is 965. The molecule has 0 heterocycles. The maximum atomic E-state index is 12.8. The van der Waals surface area contributed by atoms with Crippen LogP contribution in [-0.4, -0.2) is 23.4 Å². The van der Waals surface area contributed by atoms with E-state index >= 15 is 0 Å². The van der Waals surface area contributed by atoms with E-state index in [1.807, 2.05) is 6.92 Å². The quantitative estimate of drug-likeness (QED) is 0.411. The molecule has 8 nitrogen and oxygen atoms in total. The number of hydrogen-bond acceptors (Lipinski definition) is 6. The minimum Gasteiger partial charge on any atom is -0.462 e. The number of amides is 1. The molecule has 0 aromatic heterocycles. The number of esters is 1. The summed E-state index contributed by atoms with van der Waals surface area (Å²) in [4.78, 5) is 35.4. The van der Waals surface area contributed by atoms with Crippen LogP contribution in [0.5, 0.6) is 0 Å². The molecule has 8 heteroatoms. The highest BCUT2D eigenvalue weighted by atomic mass is 16.6. The van der Waals surface area contributed by atoms with Crippen molar-refractivity contribution in [3.63, 3.8) is 0 Å². The Labute approximate surface area is 168 Å². The molecule has 29 heavy (non-hydrogen) atoms. The number of hydrogen-bond donors (Lipinski definition) is 1. The maximum absolute atomic E-state index is 12.8. The van der Waals surface area contributed by atoms with Crippen molar-refractivity contribution >= 4 is 23.3 Å². The average molecular weight is 395 g/mol. The fraction of sp³-hybridized carbons (Fsp3) is 0.286. The van der Waals surface area contributed by atoms with Gasteiger partial charge >= 0.3 is 5.97 Å². The minimum atomic E-state index is -0.632. The van der Waals surface area contributed by atoms with Gasteiger partial charge in [0.2, 0.25) is 5.91 Å². The zero-order valence-corrected chi connectivity index (χ0v) is 16.2. The molecular weight excluding hydrogens is 374 g/mol. The van der Waals surface area contributed by atoms with Crippen molar-refractivity contribution in [2.24, 2.45) is 5.92 Å². The third-order valence-electron chi connectivity index (χ3n) is 4.43. The van der Waals surface area contributed by atoms with Gasteiger partial charge < -0.3 is 10.1 Å². The Balaban J connectivity index is 2.29. The van der Waals surface area contributed by atoms with Gasteiger partial charge in [0.1, 0.15) is 5.69 Å². The van der Waals surface area contributed by atoms with Crippen LogP contribution in [0, 0.1) is 27.4 Å². The summed E-state index contributed by atoms with van der Waals surface area (Å²) in [7, 11) is 0. The highest BCUT2D eigenvalue weighted by Crippen LogP contribution is 2.27. The third kappa shape index (κ3) is 5.39. The molecule has 1 amide bonds.